The maximum atomic E-state index is 11.8. The summed E-state index contributed by atoms with van der Waals surface area (Å²) in [5, 5.41) is 7.83. The van der Waals surface area contributed by atoms with Crippen LogP contribution in [0.3, 0.4) is 0 Å². The van der Waals surface area contributed by atoms with Crippen LogP contribution in [0.2, 0.25) is 0 Å². The first-order valence-electron chi connectivity index (χ1n) is 5.93. The number of thioether (sulfide) groups is 1. The summed E-state index contributed by atoms with van der Waals surface area (Å²) in [6, 6.07) is 9.74. The number of rotatable bonds is 2. The number of nitrogens with zero attached hydrogens (tertiary/aromatic N) is 2. The zero-order valence-electron chi connectivity index (χ0n) is 10.7. The van der Waals surface area contributed by atoms with Crippen LogP contribution in [0.1, 0.15) is 5.56 Å². The van der Waals surface area contributed by atoms with Crippen LogP contribution in [-0.2, 0) is 9.63 Å². The van der Waals surface area contributed by atoms with Gasteiger partial charge in [-0.2, -0.15) is 0 Å². The topological polar surface area (TPSA) is 63.6 Å². The number of fused-ring (bicyclic) bond motifs is 1. The number of aromatic nitrogens is 1. The van der Waals surface area contributed by atoms with Crippen molar-refractivity contribution in [2.75, 3.05) is 7.11 Å². The number of oxime groups is 1. The molecule has 6 heteroatoms. The van der Waals surface area contributed by atoms with Crippen molar-refractivity contribution in [3.8, 4) is 0 Å². The number of hydrogen-bond donors (Lipinski definition) is 1. The third-order valence-electron chi connectivity index (χ3n) is 2.75. The lowest BCUT2D eigenvalue weighted by molar-refractivity contribution is -0.115. The van der Waals surface area contributed by atoms with E-state index in [1.165, 1.54) is 18.9 Å². The number of pyridine rings is 1. The zero-order valence-corrected chi connectivity index (χ0v) is 11.5. The number of carbonyl (C=O) groups is 1. The second-order valence-corrected chi connectivity index (χ2v) is 5.13. The van der Waals surface area contributed by atoms with Gasteiger partial charge in [0.05, 0.1) is 10.4 Å². The van der Waals surface area contributed by atoms with Gasteiger partial charge in [-0.25, -0.2) is 0 Å². The summed E-state index contributed by atoms with van der Waals surface area (Å²) in [5.74, 6) is -0.169. The van der Waals surface area contributed by atoms with E-state index in [4.69, 9.17) is 0 Å². The number of hydrogen-bond acceptors (Lipinski definition) is 5. The summed E-state index contributed by atoms with van der Waals surface area (Å²) in [5.41, 5.74) is 1.88. The van der Waals surface area contributed by atoms with Crippen molar-refractivity contribution in [3.05, 3.63) is 47.0 Å². The lowest BCUT2D eigenvalue weighted by Crippen LogP contribution is -2.19. The minimum absolute atomic E-state index is 0.169. The van der Waals surface area contributed by atoms with Crippen molar-refractivity contribution < 1.29 is 9.63 Å². The summed E-state index contributed by atoms with van der Waals surface area (Å²) in [6.45, 7) is 0. The second-order valence-electron chi connectivity index (χ2n) is 4.10. The van der Waals surface area contributed by atoms with Gasteiger partial charge in [-0.3, -0.25) is 15.1 Å². The minimum Gasteiger partial charge on any atom is -0.397 e. The molecule has 1 aliphatic rings. The molecule has 0 bridgehead atoms. The number of amides is 1. The fraction of sp³-hybridized carbons (Fsp3) is 0.0714. The largest absolute Gasteiger partial charge is 0.397 e. The van der Waals surface area contributed by atoms with E-state index in [0.29, 0.717) is 10.1 Å². The Hall–Kier alpha value is -2.34. The molecule has 2 heterocycles. The molecule has 1 aromatic heterocycles. The van der Waals surface area contributed by atoms with Gasteiger partial charge in [-0.15, -0.1) is 0 Å². The predicted molar refractivity (Wildman–Crippen MR) is 79.9 cm³/mol. The molecule has 20 heavy (non-hydrogen) atoms. The van der Waals surface area contributed by atoms with Gasteiger partial charge >= 0.3 is 0 Å². The summed E-state index contributed by atoms with van der Waals surface area (Å²) in [6.07, 6.45) is 3.58. The van der Waals surface area contributed by atoms with Crippen molar-refractivity contribution in [2.24, 2.45) is 5.16 Å². The molecule has 1 aromatic carbocycles. The fourth-order valence-corrected chi connectivity index (χ4v) is 2.69. The molecule has 0 spiro atoms. The molecule has 1 N–H and O–H groups in total. The zero-order chi connectivity index (χ0) is 13.9. The molecular formula is C14H11N3O2S. The highest BCUT2D eigenvalue weighted by Crippen LogP contribution is 2.26. The first-order chi connectivity index (χ1) is 9.76. The highest BCUT2D eigenvalue weighted by Gasteiger charge is 2.24. The van der Waals surface area contributed by atoms with Gasteiger partial charge in [0.1, 0.15) is 7.11 Å². The number of carbonyl (C=O) groups excluding carboxylic acids is 1. The average molecular weight is 285 g/mol. The molecule has 0 saturated carbocycles. The summed E-state index contributed by atoms with van der Waals surface area (Å²) in [4.78, 5) is 21.3. The van der Waals surface area contributed by atoms with Gasteiger partial charge in [-0.05, 0) is 41.6 Å². The van der Waals surface area contributed by atoms with Gasteiger partial charge < -0.3 is 4.84 Å². The third kappa shape index (κ3) is 2.50. The van der Waals surface area contributed by atoms with Gasteiger partial charge in [0.2, 0.25) is 5.17 Å². The van der Waals surface area contributed by atoms with Crippen LogP contribution in [0.15, 0.2) is 46.6 Å². The Morgan fingerprint density at radius 2 is 2.30 bits per heavy atom. The SMILES string of the molecule is CO/N=C1/NC(=O)/C(=C/c2ccc3ncccc3c2)S1. The Morgan fingerprint density at radius 3 is 3.15 bits per heavy atom. The Labute approximate surface area is 119 Å². The summed E-state index contributed by atoms with van der Waals surface area (Å²) >= 11 is 1.25. The first kappa shape index (κ1) is 12.7. The molecule has 1 amide bonds. The Bertz CT molecular complexity index is 740. The van der Waals surface area contributed by atoms with Gasteiger partial charge in [0, 0.05) is 11.6 Å². The lowest BCUT2D eigenvalue weighted by Gasteiger charge is -1.99. The van der Waals surface area contributed by atoms with E-state index >= 15 is 0 Å². The maximum Gasteiger partial charge on any atom is 0.264 e. The highest BCUT2D eigenvalue weighted by atomic mass is 32.2. The molecule has 2 aromatic rings. The molecule has 1 saturated heterocycles. The van der Waals surface area contributed by atoms with Crippen LogP contribution in [0.5, 0.6) is 0 Å². The first-order valence-corrected chi connectivity index (χ1v) is 6.75. The molecule has 1 aliphatic heterocycles. The standard InChI is InChI=1S/C14H11N3O2S/c1-19-17-14-16-13(18)12(20-14)8-9-4-5-11-10(7-9)3-2-6-15-11/h2-8H,1H3,(H,16,17,18)/b12-8-. The number of amidine groups is 1. The van der Waals surface area contributed by atoms with Crippen molar-refractivity contribution in [2.45, 2.75) is 0 Å². The van der Waals surface area contributed by atoms with Crippen molar-refractivity contribution in [1.29, 1.82) is 0 Å². The monoisotopic (exact) mass is 285 g/mol. The van der Waals surface area contributed by atoms with Gasteiger partial charge in [-0.1, -0.05) is 17.3 Å². The molecule has 0 atom stereocenters. The Morgan fingerprint density at radius 1 is 1.40 bits per heavy atom. The van der Waals surface area contributed by atoms with Gasteiger partial charge in [0.15, 0.2) is 0 Å². The average Bonchev–Trinajstić information content (AvgIpc) is 2.79. The molecule has 0 radical (unpaired) electrons. The summed E-state index contributed by atoms with van der Waals surface area (Å²) in [7, 11) is 1.44. The van der Waals surface area contributed by atoms with Crippen LogP contribution in [0, 0.1) is 0 Å². The quantitative estimate of drug-likeness (QED) is 0.679. The van der Waals surface area contributed by atoms with E-state index in [-0.39, 0.29) is 5.91 Å². The second kappa shape index (κ2) is 5.34. The smallest absolute Gasteiger partial charge is 0.264 e. The Kier molecular flexibility index (Phi) is 3.39. The summed E-state index contributed by atoms with van der Waals surface area (Å²) < 4.78 is 0. The van der Waals surface area contributed by atoms with E-state index < -0.39 is 0 Å². The molecule has 0 unspecified atom stereocenters. The predicted octanol–water partition coefficient (Wildman–Crippen LogP) is 2.36. The molecule has 100 valence electrons. The van der Waals surface area contributed by atoms with Crippen molar-refractivity contribution in [3.63, 3.8) is 0 Å². The van der Waals surface area contributed by atoms with Crippen LogP contribution in [0.4, 0.5) is 0 Å². The fourth-order valence-electron chi connectivity index (χ4n) is 1.89. The molecule has 3 rings (SSSR count). The lowest BCUT2D eigenvalue weighted by atomic mass is 10.1. The molecular weight excluding hydrogens is 274 g/mol. The maximum absolute atomic E-state index is 11.8. The van der Waals surface area contributed by atoms with Crippen LogP contribution in [0.25, 0.3) is 17.0 Å². The van der Waals surface area contributed by atoms with E-state index in [0.717, 1.165) is 16.5 Å². The van der Waals surface area contributed by atoms with E-state index in [1.54, 1.807) is 6.20 Å². The molecule has 1 fully saturated rings. The number of benzene rings is 1. The third-order valence-corrected chi connectivity index (χ3v) is 3.64. The van der Waals surface area contributed by atoms with E-state index in [1.807, 2.05) is 36.4 Å². The van der Waals surface area contributed by atoms with E-state index in [2.05, 4.69) is 20.3 Å². The van der Waals surface area contributed by atoms with Gasteiger partial charge in [0.25, 0.3) is 5.91 Å². The highest BCUT2D eigenvalue weighted by molar-refractivity contribution is 8.18. The minimum atomic E-state index is -0.169. The Balaban J connectivity index is 1.94. The normalized spacial score (nSPS) is 18.8. The van der Waals surface area contributed by atoms with E-state index in [9.17, 15) is 4.79 Å². The number of nitrogens with one attached hydrogen (secondary N) is 1. The van der Waals surface area contributed by atoms with Crippen LogP contribution < -0.4 is 5.32 Å². The van der Waals surface area contributed by atoms with Crippen molar-refractivity contribution >= 4 is 39.8 Å². The van der Waals surface area contributed by atoms with Crippen molar-refractivity contribution in [1.82, 2.24) is 10.3 Å². The molecule has 5 nitrogen and oxygen atoms in total. The molecule has 0 aliphatic carbocycles. The van der Waals surface area contributed by atoms with Crippen LogP contribution >= 0.6 is 11.8 Å². The van der Waals surface area contributed by atoms with Crippen LogP contribution in [-0.4, -0.2) is 23.2 Å².